The molecule has 1 aromatic rings. The molecule has 1 aromatic carbocycles. The fraction of sp³-hybridized carbons (Fsp3) is 0.400. The van der Waals surface area contributed by atoms with E-state index in [1.165, 1.54) is 5.56 Å². The fourth-order valence-electron chi connectivity index (χ4n) is 1.07. The van der Waals surface area contributed by atoms with Crippen LogP contribution in [0.25, 0.3) is 0 Å². The monoisotopic (exact) mass is 151 g/mol. The van der Waals surface area contributed by atoms with Crippen LogP contribution in [0, 0.1) is 0 Å². The van der Waals surface area contributed by atoms with Crippen molar-refractivity contribution in [3.63, 3.8) is 0 Å². The van der Waals surface area contributed by atoms with Crippen molar-refractivity contribution in [1.29, 1.82) is 0 Å². The normalized spacial score (nSPS) is 12.9. The molecule has 0 saturated carbocycles. The quantitative estimate of drug-likeness (QED) is 0.697. The van der Waals surface area contributed by atoms with Crippen molar-refractivity contribution in [1.82, 2.24) is 5.32 Å². The zero-order chi connectivity index (χ0) is 8.10. The molecule has 1 rings (SSSR count). The van der Waals surface area contributed by atoms with Gasteiger partial charge >= 0.3 is 0 Å². The maximum absolute atomic E-state index is 3.21. The predicted molar refractivity (Wildman–Crippen MR) is 50.8 cm³/mol. The Morgan fingerprint density at radius 3 is 2.55 bits per heavy atom. The summed E-state index contributed by atoms with van der Waals surface area (Å²) < 4.78 is 0. The summed E-state index contributed by atoms with van der Waals surface area (Å²) >= 11 is 0. The molecule has 0 aliphatic heterocycles. The van der Waals surface area contributed by atoms with Gasteiger partial charge in [0.2, 0.25) is 0 Å². The summed E-state index contributed by atoms with van der Waals surface area (Å²) in [4.78, 5) is 0. The minimum atomic E-state index is 0. The lowest BCUT2D eigenvalue weighted by molar-refractivity contribution is 0.608. The van der Waals surface area contributed by atoms with Crippen LogP contribution in [0.2, 0.25) is 0 Å². The second-order valence-corrected chi connectivity index (χ2v) is 2.88. The Hall–Kier alpha value is -0.820. The highest BCUT2D eigenvalue weighted by atomic mass is 14.8. The summed E-state index contributed by atoms with van der Waals surface area (Å²) in [5.41, 5.74) is 1.40. The van der Waals surface area contributed by atoms with E-state index >= 15 is 0 Å². The summed E-state index contributed by atoms with van der Waals surface area (Å²) in [6.45, 7) is 2.19. The lowest BCUT2D eigenvalue weighted by atomic mass is 10.1. The Kier molecular flexibility index (Phi) is 3.12. The number of likely N-dealkylation sites (N-methyl/N-ethyl adjacent to an activating group) is 1. The van der Waals surface area contributed by atoms with E-state index in [4.69, 9.17) is 0 Å². The van der Waals surface area contributed by atoms with Crippen LogP contribution in [0.15, 0.2) is 30.3 Å². The van der Waals surface area contributed by atoms with Crippen molar-refractivity contribution in [3.8, 4) is 0 Å². The Morgan fingerprint density at radius 2 is 2.00 bits per heavy atom. The van der Waals surface area contributed by atoms with E-state index in [9.17, 15) is 0 Å². The van der Waals surface area contributed by atoms with E-state index in [0.717, 1.165) is 6.42 Å². The molecular weight excluding hydrogens is 134 g/mol. The highest BCUT2D eigenvalue weighted by Crippen LogP contribution is 2.01. The number of hydrogen-bond acceptors (Lipinski definition) is 1. The molecular formula is C10H17N. The van der Waals surface area contributed by atoms with Crippen molar-refractivity contribution in [3.05, 3.63) is 35.9 Å². The molecule has 0 unspecified atom stereocenters. The van der Waals surface area contributed by atoms with Crippen molar-refractivity contribution >= 4 is 0 Å². The minimum Gasteiger partial charge on any atom is -0.317 e. The molecule has 1 heteroatoms. The SMILES string of the molecule is CN[C@@H](C)Cc1ccccc1.[HH]. The molecule has 1 nitrogen and oxygen atoms in total. The maximum atomic E-state index is 3.21. The molecule has 0 fully saturated rings. The van der Waals surface area contributed by atoms with Gasteiger partial charge in [0.1, 0.15) is 0 Å². The molecule has 0 radical (unpaired) electrons. The minimum absolute atomic E-state index is 0. The van der Waals surface area contributed by atoms with Crippen LogP contribution >= 0.6 is 0 Å². The molecule has 0 spiro atoms. The molecule has 62 valence electrons. The van der Waals surface area contributed by atoms with Gasteiger partial charge in [-0.25, -0.2) is 0 Å². The van der Waals surface area contributed by atoms with Gasteiger partial charge in [0.15, 0.2) is 0 Å². The van der Waals surface area contributed by atoms with Crippen LogP contribution in [-0.2, 0) is 6.42 Å². The third-order valence-corrected chi connectivity index (χ3v) is 1.88. The first-order chi connectivity index (χ1) is 5.33. The summed E-state index contributed by atoms with van der Waals surface area (Å²) in [5.74, 6) is 0. The standard InChI is InChI=1S/C10H15N.H2/c1-9(11-2)8-10-6-4-3-5-7-10;/h3-7,9,11H,8H2,1-2H3;1H/t9-;/m0./s1. The van der Waals surface area contributed by atoms with Gasteiger partial charge in [-0.2, -0.15) is 0 Å². The van der Waals surface area contributed by atoms with Gasteiger partial charge in [-0.3, -0.25) is 0 Å². The molecule has 11 heavy (non-hydrogen) atoms. The number of hydrogen-bond donors (Lipinski definition) is 1. The molecule has 0 heterocycles. The second-order valence-electron chi connectivity index (χ2n) is 2.88. The van der Waals surface area contributed by atoms with Crippen LogP contribution in [0.5, 0.6) is 0 Å². The first-order valence-electron chi connectivity index (χ1n) is 4.04. The van der Waals surface area contributed by atoms with Crippen LogP contribution < -0.4 is 5.32 Å². The van der Waals surface area contributed by atoms with Crippen LogP contribution in [0.4, 0.5) is 0 Å². The lowest BCUT2D eigenvalue weighted by Crippen LogP contribution is -2.23. The average Bonchev–Trinajstić information content (AvgIpc) is 2.06. The van der Waals surface area contributed by atoms with E-state index in [1.807, 2.05) is 13.1 Å². The fourth-order valence-corrected chi connectivity index (χ4v) is 1.07. The Morgan fingerprint density at radius 1 is 1.36 bits per heavy atom. The number of nitrogens with one attached hydrogen (secondary N) is 1. The molecule has 1 atom stereocenters. The molecule has 0 aromatic heterocycles. The highest BCUT2D eigenvalue weighted by molar-refractivity contribution is 5.15. The zero-order valence-corrected chi connectivity index (χ0v) is 7.17. The number of rotatable bonds is 3. The predicted octanol–water partition coefficient (Wildman–Crippen LogP) is 2.08. The van der Waals surface area contributed by atoms with Gasteiger partial charge in [-0.05, 0) is 26.0 Å². The molecule has 0 aliphatic rings. The highest BCUT2D eigenvalue weighted by Gasteiger charge is 1.97. The van der Waals surface area contributed by atoms with Gasteiger partial charge in [-0.1, -0.05) is 30.3 Å². The van der Waals surface area contributed by atoms with Crippen molar-refractivity contribution < 1.29 is 1.43 Å². The van der Waals surface area contributed by atoms with E-state index < -0.39 is 0 Å². The average molecular weight is 151 g/mol. The van der Waals surface area contributed by atoms with Crippen LogP contribution in [-0.4, -0.2) is 13.1 Å². The summed E-state index contributed by atoms with van der Waals surface area (Å²) in [5, 5.41) is 3.21. The van der Waals surface area contributed by atoms with Crippen molar-refractivity contribution in [2.24, 2.45) is 0 Å². The second kappa shape index (κ2) is 4.14. The van der Waals surface area contributed by atoms with E-state index in [0.29, 0.717) is 6.04 Å². The van der Waals surface area contributed by atoms with E-state index in [-0.39, 0.29) is 1.43 Å². The van der Waals surface area contributed by atoms with E-state index in [1.54, 1.807) is 0 Å². The first kappa shape index (κ1) is 8.28. The Labute approximate surface area is 69.9 Å². The molecule has 0 amide bonds. The summed E-state index contributed by atoms with van der Waals surface area (Å²) in [6, 6.07) is 11.1. The Bertz CT molecular complexity index is 198. The summed E-state index contributed by atoms with van der Waals surface area (Å²) in [6.07, 6.45) is 1.11. The van der Waals surface area contributed by atoms with Crippen LogP contribution in [0.1, 0.15) is 13.9 Å². The van der Waals surface area contributed by atoms with Crippen molar-refractivity contribution in [2.45, 2.75) is 19.4 Å². The maximum Gasteiger partial charge on any atom is 0.00761 e. The van der Waals surface area contributed by atoms with E-state index in [2.05, 4.69) is 36.5 Å². The summed E-state index contributed by atoms with van der Waals surface area (Å²) in [7, 11) is 1.99. The molecule has 0 aliphatic carbocycles. The van der Waals surface area contributed by atoms with Gasteiger partial charge in [0.05, 0.1) is 0 Å². The van der Waals surface area contributed by atoms with Gasteiger partial charge in [-0.15, -0.1) is 0 Å². The molecule has 0 bridgehead atoms. The van der Waals surface area contributed by atoms with Gasteiger partial charge < -0.3 is 5.32 Å². The number of benzene rings is 1. The van der Waals surface area contributed by atoms with Crippen LogP contribution in [0.3, 0.4) is 0 Å². The van der Waals surface area contributed by atoms with Crippen molar-refractivity contribution in [2.75, 3.05) is 7.05 Å². The Balaban J connectivity index is 0.00000121. The molecule has 0 saturated heterocycles. The first-order valence-corrected chi connectivity index (χ1v) is 4.04. The topological polar surface area (TPSA) is 12.0 Å². The third-order valence-electron chi connectivity index (χ3n) is 1.88. The third kappa shape index (κ3) is 2.72. The lowest BCUT2D eigenvalue weighted by Gasteiger charge is -2.08. The van der Waals surface area contributed by atoms with Gasteiger partial charge in [0, 0.05) is 7.47 Å². The largest absolute Gasteiger partial charge is 0.317 e. The molecule has 1 N–H and O–H groups in total. The zero-order valence-electron chi connectivity index (χ0n) is 7.17. The smallest absolute Gasteiger partial charge is 0.00761 e. The van der Waals surface area contributed by atoms with Gasteiger partial charge in [0.25, 0.3) is 0 Å².